The summed E-state index contributed by atoms with van der Waals surface area (Å²) >= 11 is 0. The molecule has 4 rings (SSSR count). The minimum atomic E-state index is -1.40. The Bertz CT molecular complexity index is 1350. The van der Waals surface area contributed by atoms with E-state index in [-0.39, 0.29) is 29.8 Å². The van der Waals surface area contributed by atoms with Gasteiger partial charge in [-0.25, -0.2) is 4.68 Å². The first-order chi connectivity index (χ1) is 18.7. The number of unbranched alkanes of at least 4 members (excludes halogenated alkanes) is 1. The maximum Gasteiger partial charge on any atom is 0.310 e. The van der Waals surface area contributed by atoms with Gasteiger partial charge < -0.3 is 9.47 Å². The van der Waals surface area contributed by atoms with Crippen LogP contribution in [0.25, 0.3) is 10.9 Å². The number of carbonyl (C=O) groups is 2. The fraction of sp³-hybridized carbons (Fsp3) is 0.500. The molecule has 0 saturated heterocycles. The fourth-order valence-corrected chi connectivity index (χ4v) is 5.83. The number of nitrogens with zero attached hydrogens (tertiary/aromatic N) is 3. The molecule has 1 fully saturated rings. The van der Waals surface area contributed by atoms with Gasteiger partial charge in [-0.05, 0) is 67.6 Å². The maximum absolute atomic E-state index is 13.7. The van der Waals surface area contributed by atoms with E-state index in [4.69, 9.17) is 9.47 Å². The predicted octanol–water partition coefficient (Wildman–Crippen LogP) is 5.38. The van der Waals surface area contributed by atoms with E-state index in [0.717, 1.165) is 24.6 Å². The molecule has 1 aromatic heterocycles. The highest BCUT2D eigenvalue weighted by Crippen LogP contribution is 2.41. The SMILES string of the molecule is CCCCOc1ccc(C(=O)C2CCC(Cn3nnc4ccccc4c3=O)C2C(=O)OCC[Si](C)(C)C)cc1. The molecule has 1 aliphatic rings. The number of hydrogen-bond donors (Lipinski definition) is 0. The summed E-state index contributed by atoms with van der Waals surface area (Å²) in [5, 5.41) is 8.81. The van der Waals surface area contributed by atoms with Crippen LogP contribution in [-0.4, -0.2) is 48.0 Å². The van der Waals surface area contributed by atoms with Crippen LogP contribution in [0.3, 0.4) is 0 Å². The Kier molecular flexibility index (Phi) is 9.32. The van der Waals surface area contributed by atoms with Gasteiger partial charge in [0, 0.05) is 19.6 Å². The minimum Gasteiger partial charge on any atom is -0.494 e. The van der Waals surface area contributed by atoms with E-state index in [9.17, 15) is 14.4 Å². The van der Waals surface area contributed by atoms with Crippen molar-refractivity contribution in [2.45, 2.75) is 64.8 Å². The van der Waals surface area contributed by atoms with Crippen molar-refractivity contribution in [3.05, 3.63) is 64.4 Å². The number of carbonyl (C=O) groups excluding carboxylic acids is 2. The summed E-state index contributed by atoms with van der Waals surface area (Å²) < 4.78 is 12.8. The quantitative estimate of drug-likeness (QED) is 0.129. The molecule has 0 spiro atoms. The van der Waals surface area contributed by atoms with Crippen molar-refractivity contribution >= 4 is 30.7 Å². The van der Waals surface area contributed by atoms with Gasteiger partial charge >= 0.3 is 5.97 Å². The first-order valence-corrected chi connectivity index (χ1v) is 17.6. The summed E-state index contributed by atoms with van der Waals surface area (Å²) in [6.45, 7) is 9.98. The summed E-state index contributed by atoms with van der Waals surface area (Å²) in [6, 6.07) is 15.1. The van der Waals surface area contributed by atoms with Crippen LogP contribution in [0.1, 0.15) is 43.0 Å². The summed E-state index contributed by atoms with van der Waals surface area (Å²) in [6.07, 6.45) is 3.17. The number of esters is 1. The number of fused-ring (bicyclic) bond motifs is 1. The number of ketones is 1. The molecule has 208 valence electrons. The maximum atomic E-state index is 13.7. The second kappa shape index (κ2) is 12.7. The summed E-state index contributed by atoms with van der Waals surface area (Å²) in [5.74, 6) is -1.16. The van der Waals surface area contributed by atoms with Crippen molar-refractivity contribution < 1.29 is 19.1 Å². The highest BCUT2D eigenvalue weighted by atomic mass is 28.3. The molecule has 3 aromatic rings. The molecule has 0 amide bonds. The molecule has 39 heavy (non-hydrogen) atoms. The molecule has 0 aliphatic heterocycles. The van der Waals surface area contributed by atoms with Crippen LogP contribution < -0.4 is 10.3 Å². The lowest BCUT2D eigenvalue weighted by Crippen LogP contribution is -2.36. The standard InChI is InChI=1S/C30H39N3O5Si/c1-5-6-17-37-23-14-11-21(12-15-23)28(34)25-16-13-22(27(25)30(36)38-18-19-39(2,3)4)20-33-29(35)24-9-7-8-10-26(24)31-32-33/h7-12,14-15,22,25,27H,5-6,13,16-20H2,1-4H3. The van der Waals surface area contributed by atoms with Gasteiger partial charge in [0.2, 0.25) is 0 Å². The molecule has 3 atom stereocenters. The average molecular weight is 550 g/mol. The van der Waals surface area contributed by atoms with Crippen LogP contribution in [0, 0.1) is 17.8 Å². The van der Waals surface area contributed by atoms with Crippen LogP contribution in [0.2, 0.25) is 25.7 Å². The summed E-state index contributed by atoms with van der Waals surface area (Å²) in [4.78, 5) is 40.2. The first-order valence-electron chi connectivity index (χ1n) is 13.9. The molecule has 0 radical (unpaired) electrons. The van der Waals surface area contributed by atoms with Gasteiger partial charge in [-0.15, -0.1) is 5.10 Å². The third-order valence-corrected chi connectivity index (χ3v) is 9.14. The van der Waals surface area contributed by atoms with Crippen LogP contribution >= 0.6 is 0 Å². The lowest BCUT2D eigenvalue weighted by Gasteiger charge is -2.24. The van der Waals surface area contributed by atoms with Gasteiger partial charge in [-0.2, -0.15) is 0 Å². The van der Waals surface area contributed by atoms with Gasteiger partial charge in [-0.3, -0.25) is 14.4 Å². The Morgan fingerprint density at radius 1 is 1.03 bits per heavy atom. The van der Waals surface area contributed by atoms with E-state index < -0.39 is 19.9 Å². The van der Waals surface area contributed by atoms with Crippen molar-refractivity contribution in [3.63, 3.8) is 0 Å². The molecule has 0 bridgehead atoms. The number of aromatic nitrogens is 3. The molecule has 1 saturated carbocycles. The zero-order valence-corrected chi connectivity index (χ0v) is 24.4. The smallest absolute Gasteiger partial charge is 0.310 e. The Hall–Kier alpha value is -3.33. The van der Waals surface area contributed by atoms with Crippen LogP contribution in [0.5, 0.6) is 5.75 Å². The number of hydrogen-bond acceptors (Lipinski definition) is 7. The second-order valence-corrected chi connectivity index (χ2v) is 17.3. The number of ether oxygens (including phenoxy) is 2. The van der Waals surface area contributed by atoms with Crippen molar-refractivity contribution in [1.82, 2.24) is 15.0 Å². The number of Topliss-reactive ketones (excluding diaryl/α,β-unsaturated/α-hetero) is 1. The van der Waals surface area contributed by atoms with E-state index in [2.05, 4.69) is 36.9 Å². The summed E-state index contributed by atoms with van der Waals surface area (Å²) in [7, 11) is -1.40. The Balaban J connectivity index is 1.55. The highest BCUT2D eigenvalue weighted by Gasteiger charge is 2.46. The zero-order chi connectivity index (χ0) is 28.0. The fourth-order valence-electron chi connectivity index (χ4n) is 5.12. The second-order valence-electron chi connectivity index (χ2n) is 11.6. The Morgan fingerprint density at radius 3 is 2.49 bits per heavy atom. The molecule has 3 unspecified atom stereocenters. The lowest BCUT2D eigenvalue weighted by molar-refractivity contribution is -0.150. The lowest BCUT2D eigenvalue weighted by atomic mass is 9.84. The summed E-state index contributed by atoms with van der Waals surface area (Å²) in [5.41, 5.74) is 0.827. The molecule has 0 N–H and O–H groups in total. The minimum absolute atomic E-state index is 0.0818. The van der Waals surface area contributed by atoms with E-state index in [1.54, 1.807) is 42.5 Å². The molecule has 9 heteroatoms. The van der Waals surface area contributed by atoms with Crippen molar-refractivity contribution in [1.29, 1.82) is 0 Å². The van der Waals surface area contributed by atoms with Gasteiger partial charge in [0.15, 0.2) is 5.78 Å². The number of benzene rings is 2. The highest BCUT2D eigenvalue weighted by molar-refractivity contribution is 6.76. The van der Waals surface area contributed by atoms with Crippen LogP contribution in [-0.2, 0) is 16.1 Å². The number of rotatable bonds is 12. The topological polar surface area (TPSA) is 100 Å². The average Bonchev–Trinajstić information content (AvgIpc) is 3.33. The van der Waals surface area contributed by atoms with Gasteiger partial charge in [-0.1, -0.05) is 50.3 Å². The van der Waals surface area contributed by atoms with Crippen molar-refractivity contribution in [3.8, 4) is 5.75 Å². The van der Waals surface area contributed by atoms with Crippen LogP contribution in [0.15, 0.2) is 53.3 Å². The Labute approximate surface area is 230 Å². The molecular weight excluding hydrogens is 510 g/mol. The van der Waals surface area contributed by atoms with E-state index in [1.165, 1.54) is 4.68 Å². The zero-order valence-electron chi connectivity index (χ0n) is 23.4. The predicted molar refractivity (Wildman–Crippen MR) is 154 cm³/mol. The molecule has 2 aromatic carbocycles. The van der Waals surface area contributed by atoms with Crippen LogP contribution in [0.4, 0.5) is 0 Å². The van der Waals surface area contributed by atoms with E-state index in [1.807, 2.05) is 6.07 Å². The monoisotopic (exact) mass is 549 g/mol. The van der Waals surface area contributed by atoms with E-state index in [0.29, 0.717) is 42.5 Å². The first kappa shape index (κ1) is 28.7. The van der Waals surface area contributed by atoms with Crippen molar-refractivity contribution in [2.75, 3.05) is 13.2 Å². The van der Waals surface area contributed by atoms with E-state index >= 15 is 0 Å². The van der Waals surface area contributed by atoms with Crippen molar-refractivity contribution in [2.24, 2.45) is 17.8 Å². The molecular formula is C30H39N3O5Si. The van der Waals surface area contributed by atoms with Gasteiger partial charge in [0.1, 0.15) is 11.3 Å². The Morgan fingerprint density at radius 2 is 1.77 bits per heavy atom. The largest absolute Gasteiger partial charge is 0.494 e. The normalized spacial score (nSPS) is 19.2. The molecule has 8 nitrogen and oxygen atoms in total. The van der Waals surface area contributed by atoms with Gasteiger partial charge in [0.25, 0.3) is 5.56 Å². The molecule has 1 aliphatic carbocycles. The van der Waals surface area contributed by atoms with Gasteiger partial charge in [0.05, 0.1) is 31.1 Å². The third-order valence-electron chi connectivity index (χ3n) is 7.44. The third kappa shape index (κ3) is 7.20. The molecule has 1 heterocycles.